The third-order valence-corrected chi connectivity index (χ3v) is 4.83. The average molecular weight is 433 g/mol. The van der Waals surface area contributed by atoms with Crippen LogP contribution in [0.3, 0.4) is 0 Å². The Hall–Kier alpha value is -2.57. The molecule has 0 atom stereocenters. The number of rotatable bonds is 5. The number of hydrogen-bond donors (Lipinski definition) is 0. The second-order valence-corrected chi connectivity index (χ2v) is 7.20. The average Bonchev–Trinajstić information content (AvgIpc) is 2.68. The number of anilines is 1. The number of amides is 1. The third kappa shape index (κ3) is 4.45. The van der Waals surface area contributed by atoms with Crippen LogP contribution < -0.4 is 4.90 Å². The summed E-state index contributed by atoms with van der Waals surface area (Å²) in [7, 11) is 17.3. The summed E-state index contributed by atoms with van der Waals surface area (Å²) in [5.41, 5.74) is 1.09. The molecule has 0 fully saturated rings. The van der Waals surface area contributed by atoms with Crippen molar-refractivity contribution in [2.75, 3.05) is 4.90 Å². The van der Waals surface area contributed by atoms with Gasteiger partial charge in [-0.15, -0.1) is 0 Å². The van der Waals surface area contributed by atoms with E-state index in [2.05, 4.69) is 4.98 Å². The lowest BCUT2D eigenvalue weighted by atomic mass is 9.48. The molecule has 6 radical (unpaired) electrons. The summed E-state index contributed by atoms with van der Waals surface area (Å²) >= 11 is 12.2. The van der Waals surface area contributed by atoms with Crippen LogP contribution in [0.15, 0.2) is 54.7 Å². The van der Waals surface area contributed by atoms with Crippen molar-refractivity contribution in [3.05, 3.63) is 81.7 Å². The van der Waals surface area contributed by atoms with E-state index in [-0.39, 0.29) is 10.8 Å². The molecule has 3 rings (SSSR count). The maximum Gasteiger partial charge on any atom is 0.262 e. The van der Waals surface area contributed by atoms with Crippen molar-refractivity contribution in [1.29, 1.82) is 0 Å². The fourth-order valence-electron chi connectivity index (χ4n) is 2.81. The van der Waals surface area contributed by atoms with Crippen molar-refractivity contribution < 1.29 is 14.0 Å². The number of hydrogen-bond acceptors (Lipinski definition) is 3. The van der Waals surface area contributed by atoms with Crippen molar-refractivity contribution in [2.24, 2.45) is 0 Å². The van der Waals surface area contributed by atoms with Crippen molar-refractivity contribution in [3.8, 4) is 11.1 Å². The number of aromatic nitrogens is 1. The molecular formula is C20H10B3Cl2FN2O2. The molecule has 0 aliphatic rings. The first-order valence-corrected chi connectivity index (χ1v) is 9.25. The van der Waals surface area contributed by atoms with Gasteiger partial charge in [0, 0.05) is 27.9 Å². The highest BCUT2D eigenvalue weighted by atomic mass is 35.5. The molecule has 0 aliphatic heterocycles. The largest absolute Gasteiger partial charge is 0.313 e. The van der Waals surface area contributed by atoms with Gasteiger partial charge < -0.3 is 4.90 Å². The molecule has 4 nitrogen and oxygen atoms in total. The Morgan fingerprint density at radius 1 is 1.07 bits per heavy atom. The second-order valence-electron chi connectivity index (χ2n) is 6.39. The Morgan fingerprint density at radius 2 is 1.80 bits per heavy atom. The van der Waals surface area contributed by atoms with Crippen LogP contribution in [0.1, 0.15) is 20.7 Å². The van der Waals surface area contributed by atoms with Gasteiger partial charge in [-0.25, -0.2) is 9.37 Å². The zero-order chi connectivity index (χ0) is 22.1. The molecular weight excluding hydrogens is 423 g/mol. The first-order valence-electron chi connectivity index (χ1n) is 8.50. The van der Waals surface area contributed by atoms with E-state index in [0.717, 1.165) is 11.0 Å². The first kappa shape index (κ1) is 22.1. The van der Waals surface area contributed by atoms with E-state index in [4.69, 9.17) is 46.7 Å². The molecule has 0 spiro atoms. The highest BCUT2D eigenvalue weighted by Crippen LogP contribution is 2.31. The summed E-state index contributed by atoms with van der Waals surface area (Å²) in [6.45, 7) is 0. The predicted molar refractivity (Wildman–Crippen MR) is 118 cm³/mol. The van der Waals surface area contributed by atoms with E-state index in [1.54, 1.807) is 24.3 Å². The third-order valence-electron chi connectivity index (χ3n) is 4.18. The van der Waals surface area contributed by atoms with Gasteiger partial charge >= 0.3 is 0 Å². The molecule has 0 saturated carbocycles. The lowest BCUT2D eigenvalue weighted by Crippen LogP contribution is -2.54. The van der Waals surface area contributed by atoms with Gasteiger partial charge in [-0.2, -0.15) is 0 Å². The second kappa shape index (κ2) is 8.66. The summed E-state index contributed by atoms with van der Waals surface area (Å²) in [5, 5.41) is -1.94. The number of benzene rings is 2. The van der Waals surface area contributed by atoms with E-state index in [1.165, 1.54) is 24.4 Å². The Morgan fingerprint density at radius 3 is 2.37 bits per heavy atom. The normalized spacial score (nSPS) is 11.2. The molecule has 2 aromatic carbocycles. The lowest BCUT2D eigenvalue weighted by Gasteiger charge is -2.36. The number of carbonyl (C=O) groups excluding carboxylic acids is 2. The summed E-state index contributed by atoms with van der Waals surface area (Å²) < 4.78 is 14.2. The Bertz CT molecular complexity index is 1100. The highest BCUT2D eigenvalue weighted by molar-refractivity contribution is 6.62. The van der Waals surface area contributed by atoms with Crippen LogP contribution in [0.2, 0.25) is 10.0 Å². The van der Waals surface area contributed by atoms with Crippen LogP contribution in [0.25, 0.3) is 11.1 Å². The van der Waals surface area contributed by atoms with Gasteiger partial charge in [-0.05, 0) is 36.4 Å². The number of nitrogens with zero attached hydrogens (tertiary/aromatic N) is 2. The SMILES string of the molecule is [B]C([B])([B])N(C(=O)c1c(F)cccc1Cl)c1ccc(-c2cc(C=O)ccc2Cl)cn1. The topological polar surface area (TPSA) is 50.3 Å². The molecule has 0 bridgehead atoms. The molecule has 0 N–H and O–H groups in total. The quantitative estimate of drug-likeness (QED) is 0.455. The minimum absolute atomic E-state index is 0.0433. The summed E-state index contributed by atoms with van der Waals surface area (Å²) in [4.78, 5) is 28.9. The van der Waals surface area contributed by atoms with Crippen molar-refractivity contribution in [1.82, 2.24) is 4.98 Å². The maximum atomic E-state index is 14.2. The van der Waals surface area contributed by atoms with E-state index < -0.39 is 22.5 Å². The van der Waals surface area contributed by atoms with Crippen LogP contribution in [0.5, 0.6) is 0 Å². The highest BCUT2D eigenvalue weighted by Gasteiger charge is 2.31. The van der Waals surface area contributed by atoms with Crippen LogP contribution in [0.4, 0.5) is 10.2 Å². The van der Waals surface area contributed by atoms with Crippen molar-refractivity contribution >= 4 is 64.8 Å². The Labute approximate surface area is 186 Å². The van der Waals surface area contributed by atoms with E-state index in [9.17, 15) is 14.0 Å². The summed E-state index contributed by atoms with van der Waals surface area (Å²) in [6, 6.07) is 11.5. The van der Waals surface area contributed by atoms with E-state index >= 15 is 0 Å². The fraction of sp³-hybridized carbons (Fsp3) is 0.0500. The summed E-state index contributed by atoms with van der Waals surface area (Å²) in [5.74, 6) is -1.87. The van der Waals surface area contributed by atoms with Crippen molar-refractivity contribution in [2.45, 2.75) is 5.24 Å². The standard InChI is InChI=1S/C20H10B3Cl2FN2O2/c21-20(22,23)28(19(30)18-15(25)2-1-3-16(18)26)17-7-5-12(9-27-17)13-8-11(10-29)4-6-14(13)24/h1-10H. The van der Waals surface area contributed by atoms with Gasteiger partial charge in [0.2, 0.25) is 0 Å². The molecule has 10 heteroatoms. The zero-order valence-corrected chi connectivity index (χ0v) is 16.9. The lowest BCUT2D eigenvalue weighted by molar-refractivity contribution is 0.0981. The number of pyridine rings is 1. The van der Waals surface area contributed by atoms with Gasteiger partial charge in [0.25, 0.3) is 5.91 Å². The molecule has 3 aromatic rings. The molecule has 30 heavy (non-hydrogen) atoms. The van der Waals surface area contributed by atoms with Crippen LogP contribution in [0, 0.1) is 5.82 Å². The minimum Gasteiger partial charge on any atom is -0.313 e. The Kier molecular flexibility index (Phi) is 6.39. The molecule has 0 unspecified atom stereocenters. The predicted octanol–water partition coefficient (Wildman–Crippen LogP) is 3.77. The van der Waals surface area contributed by atoms with E-state index in [0.29, 0.717) is 28.0 Å². The number of carbonyl (C=O) groups is 2. The molecule has 1 aromatic heterocycles. The summed E-state index contributed by atoms with van der Waals surface area (Å²) in [6.07, 6.45) is 2.08. The molecule has 0 saturated heterocycles. The van der Waals surface area contributed by atoms with Crippen LogP contribution in [-0.4, -0.2) is 46.0 Å². The maximum absolute atomic E-state index is 14.2. The van der Waals surface area contributed by atoms with Crippen LogP contribution in [-0.2, 0) is 0 Å². The molecule has 1 heterocycles. The number of halogens is 3. The fourth-order valence-corrected chi connectivity index (χ4v) is 3.28. The van der Waals surface area contributed by atoms with Gasteiger partial charge in [0.1, 0.15) is 17.9 Å². The van der Waals surface area contributed by atoms with Crippen LogP contribution >= 0.6 is 23.2 Å². The van der Waals surface area contributed by atoms with Crippen molar-refractivity contribution in [3.63, 3.8) is 0 Å². The molecule has 142 valence electrons. The number of aldehydes is 1. The van der Waals surface area contributed by atoms with Gasteiger partial charge in [0.15, 0.2) is 0 Å². The molecule has 1 amide bonds. The Balaban J connectivity index is 2.05. The van der Waals surface area contributed by atoms with Gasteiger partial charge in [0.05, 0.1) is 34.1 Å². The monoisotopic (exact) mass is 432 g/mol. The minimum atomic E-state index is -2.20. The first-order chi connectivity index (χ1) is 14.1. The molecule has 0 aliphatic carbocycles. The van der Waals surface area contributed by atoms with Gasteiger partial charge in [-0.3, -0.25) is 9.59 Å². The zero-order valence-electron chi connectivity index (χ0n) is 15.4. The van der Waals surface area contributed by atoms with Gasteiger partial charge in [-0.1, -0.05) is 40.6 Å². The smallest absolute Gasteiger partial charge is 0.262 e. The van der Waals surface area contributed by atoms with E-state index in [1.807, 2.05) is 0 Å².